The molecule has 3 N–H and O–H groups in total. The van der Waals surface area contributed by atoms with Gasteiger partial charge < -0.3 is 20.2 Å². The van der Waals surface area contributed by atoms with Crippen molar-refractivity contribution in [3.05, 3.63) is 116 Å². The zero-order valence-corrected chi connectivity index (χ0v) is 37.6. The minimum Gasteiger partial charge on any atom is -0.385 e. The first-order valence-corrected chi connectivity index (χ1v) is 23.3. The Labute approximate surface area is 383 Å². The first kappa shape index (κ1) is 43.5. The lowest BCUT2D eigenvalue weighted by Crippen LogP contribution is -2.52. The van der Waals surface area contributed by atoms with Gasteiger partial charge >= 0.3 is 0 Å². The third-order valence-corrected chi connectivity index (χ3v) is 14.5. The number of benzene rings is 2. The Balaban J connectivity index is 0.693. The summed E-state index contributed by atoms with van der Waals surface area (Å²) in [5.41, 5.74) is 5.53. The molecule has 0 spiro atoms. The number of imide groups is 1. The fraction of sp³-hybridized carbons (Fsp3) is 0.440. The van der Waals surface area contributed by atoms with Crippen LogP contribution < -0.4 is 21.1 Å². The summed E-state index contributed by atoms with van der Waals surface area (Å²) in [6.07, 6.45) is 9.03. The number of carbonyl (C=O) groups is 4. The molecule has 1 unspecified atom stereocenters. The number of pyridine rings is 2. The van der Waals surface area contributed by atoms with E-state index in [0.29, 0.717) is 53.9 Å². The van der Waals surface area contributed by atoms with E-state index in [0.717, 1.165) is 101 Å². The fourth-order valence-corrected chi connectivity index (χ4v) is 10.7. The number of piperazine rings is 1. The maximum absolute atomic E-state index is 13.6. The molecular formula is C50H56N10O6. The number of fused-ring (bicyclic) bond motifs is 2. The second-order valence-electron chi connectivity index (χ2n) is 18.8. The lowest BCUT2D eigenvalue weighted by atomic mass is 9.83. The molecule has 3 saturated heterocycles. The number of piperidine rings is 2. The fourth-order valence-electron chi connectivity index (χ4n) is 10.7. The molecule has 16 nitrogen and oxygen atoms in total. The summed E-state index contributed by atoms with van der Waals surface area (Å²) >= 11 is 0. The smallest absolute Gasteiger partial charge is 0.263 e. The summed E-state index contributed by atoms with van der Waals surface area (Å²) in [6, 6.07) is 17.7. The third-order valence-electron chi connectivity index (χ3n) is 14.5. The van der Waals surface area contributed by atoms with Crippen LogP contribution in [0.5, 0.6) is 0 Å². The number of rotatable bonds is 11. The first-order valence-electron chi connectivity index (χ1n) is 23.3. The molecule has 0 bridgehead atoms. The summed E-state index contributed by atoms with van der Waals surface area (Å²) < 4.78 is 1.72. The lowest BCUT2D eigenvalue weighted by Gasteiger charge is -2.38. The van der Waals surface area contributed by atoms with Crippen LogP contribution in [-0.2, 0) is 34.8 Å². The molecule has 2 aromatic carbocycles. The van der Waals surface area contributed by atoms with E-state index in [1.54, 1.807) is 34.9 Å². The average molecular weight is 893 g/mol. The molecule has 1 aliphatic carbocycles. The Morgan fingerprint density at radius 1 is 0.848 bits per heavy atom. The number of nitrogens with zero attached hydrogens (tertiary/aromatic N) is 8. The zero-order chi connectivity index (χ0) is 45.7. The Kier molecular flexibility index (Phi) is 11.7. The van der Waals surface area contributed by atoms with Crippen molar-refractivity contribution in [1.29, 1.82) is 0 Å². The van der Waals surface area contributed by atoms with Gasteiger partial charge in [0, 0.05) is 88.5 Å². The normalized spacial score (nSPS) is 20.5. The van der Waals surface area contributed by atoms with Crippen LogP contribution in [0.15, 0.2) is 71.8 Å². The standard InChI is InChI=1S/C50H56N10O6/c1-31-40-27-52-49(55-45(40)60(38-5-3-4-6-38)48(65)44(31)32(2)61)53-37-12-15-42(51-26-37)58-23-21-57(22-24-58)29-34-9-7-33(8-10-34)28-56-19-17-50(66,18-20-56)36-11-13-39-35(25-36)30-59(47(39)64)41-14-16-43(62)54-46(41)63/h7-13,15,25-27,38,41,66H,3-6,14,16-24,28-30H2,1-2H3,(H,52,53,55)(H,54,62,63). The predicted molar refractivity (Wildman–Crippen MR) is 248 cm³/mol. The molecule has 66 heavy (non-hydrogen) atoms. The quantitative estimate of drug-likeness (QED) is 0.117. The number of anilines is 3. The van der Waals surface area contributed by atoms with Crippen molar-refractivity contribution < 1.29 is 24.3 Å². The van der Waals surface area contributed by atoms with E-state index in [9.17, 15) is 29.1 Å². The topological polar surface area (TPSA) is 186 Å². The predicted octanol–water partition coefficient (Wildman–Crippen LogP) is 5.12. The second-order valence-corrected chi connectivity index (χ2v) is 18.8. The van der Waals surface area contributed by atoms with E-state index in [2.05, 4.69) is 54.6 Å². The summed E-state index contributed by atoms with van der Waals surface area (Å²) in [5.74, 6) is 0.0948. The van der Waals surface area contributed by atoms with Crippen LogP contribution in [0.4, 0.5) is 17.5 Å². The van der Waals surface area contributed by atoms with Crippen molar-refractivity contribution in [3.8, 4) is 0 Å². The second kappa shape index (κ2) is 17.8. The highest BCUT2D eigenvalue weighted by Crippen LogP contribution is 2.37. The molecule has 4 aliphatic heterocycles. The van der Waals surface area contributed by atoms with Gasteiger partial charge in [-0.2, -0.15) is 4.98 Å². The molecule has 342 valence electrons. The molecule has 5 aromatic rings. The Morgan fingerprint density at radius 2 is 1.55 bits per heavy atom. The Hall–Kier alpha value is -6.36. The van der Waals surface area contributed by atoms with E-state index in [1.807, 2.05) is 24.3 Å². The number of amides is 3. The third kappa shape index (κ3) is 8.48. The van der Waals surface area contributed by atoms with Gasteiger partial charge in [0.15, 0.2) is 5.78 Å². The molecule has 10 rings (SSSR count). The number of ketones is 1. The molecule has 1 atom stereocenters. The van der Waals surface area contributed by atoms with Crippen molar-refractivity contribution in [1.82, 2.24) is 39.5 Å². The van der Waals surface area contributed by atoms with Crippen LogP contribution in [0.1, 0.15) is 113 Å². The molecule has 7 heterocycles. The number of aromatic nitrogens is 4. The van der Waals surface area contributed by atoms with Gasteiger partial charge in [0.2, 0.25) is 17.8 Å². The van der Waals surface area contributed by atoms with Gasteiger partial charge in [-0.25, -0.2) is 9.97 Å². The van der Waals surface area contributed by atoms with E-state index >= 15 is 0 Å². The zero-order valence-electron chi connectivity index (χ0n) is 37.6. The highest BCUT2D eigenvalue weighted by Gasteiger charge is 2.41. The summed E-state index contributed by atoms with van der Waals surface area (Å²) in [5, 5.41) is 18.1. The maximum Gasteiger partial charge on any atom is 0.263 e. The number of hydrogen-bond acceptors (Lipinski definition) is 13. The molecular weight excluding hydrogens is 837 g/mol. The molecule has 3 aromatic heterocycles. The number of hydrogen-bond donors (Lipinski definition) is 3. The molecule has 5 aliphatic rings. The van der Waals surface area contributed by atoms with Gasteiger partial charge in [0.05, 0.1) is 23.0 Å². The van der Waals surface area contributed by atoms with Crippen LogP contribution in [0.3, 0.4) is 0 Å². The van der Waals surface area contributed by atoms with Crippen molar-refractivity contribution >= 4 is 52.0 Å². The van der Waals surface area contributed by atoms with Crippen LogP contribution in [0.2, 0.25) is 0 Å². The lowest BCUT2D eigenvalue weighted by molar-refractivity contribution is -0.136. The van der Waals surface area contributed by atoms with Gasteiger partial charge in [-0.1, -0.05) is 49.2 Å². The van der Waals surface area contributed by atoms with Gasteiger partial charge in [-0.05, 0) is 92.0 Å². The van der Waals surface area contributed by atoms with Crippen molar-refractivity contribution in [3.63, 3.8) is 0 Å². The van der Waals surface area contributed by atoms with Gasteiger partial charge in [0.1, 0.15) is 17.5 Å². The van der Waals surface area contributed by atoms with Crippen LogP contribution in [0, 0.1) is 6.92 Å². The summed E-state index contributed by atoms with van der Waals surface area (Å²) in [4.78, 5) is 86.3. The minimum absolute atomic E-state index is 0.0126. The SMILES string of the molecule is CC(=O)c1c(C)c2cnc(Nc3ccc(N4CCN(Cc5ccc(CN6CCC(O)(c7ccc8c(c7)CN(C7CCC(=O)NC7=O)C8=O)CC6)cc5)CC4)nc3)nc2n(C2CCCC2)c1=O. The monoisotopic (exact) mass is 892 g/mol. The summed E-state index contributed by atoms with van der Waals surface area (Å²) in [6.45, 7) is 10.2. The Bertz CT molecular complexity index is 2770. The largest absolute Gasteiger partial charge is 0.385 e. The number of likely N-dealkylation sites (tertiary alicyclic amines) is 1. The van der Waals surface area contributed by atoms with Crippen molar-refractivity contribution in [2.45, 2.75) is 103 Å². The van der Waals surface area contributed by atoms with E-state index in [-0.39, 0.29) is 41.2 Å². The average Bonchev–Trinajstić information content (AvgIpc) is 3.96. The number of nitrogens with one attached hydrogen (secondary N) is 2. The van der Waals surface area contributed by atoms with E-state index in [4.69, 9.17) is 9.97 Å². The Morgan fingerprint density at radius 3 is 2.20 bits per heavy atom. The van der Waals surface area contributed by atoms with Gasteiger partial charge in [0.25, 0.3) is 11.5 Å². The summed E-state index contributed by atoms with van der Waals surface area (Å²) in [7, 11) is 0. The molecule has 4 fully saturated rings. The van der Waals surface area contributed by atoms with E-state index < -0.39 is 17.6 Å². The molecule has 0 radical (unpaired) electrons. The highest BCUT2D eigenvalue weighted by atomic mass is 16.3. The number of aliphatic hydroxyl groups is 1. The number of Topliss-reactive ketones (excluding diaryl/α,β-unsaturated/α-hetero) is 1. The van der Waals surface area contributed by atoms with Gasteiger partial charge in [-0.3, -0.25) is 43.7 Å². The molecule has 3 amide bonds. The maximum atomic E-state index is 13.6. The van der Waals surface area contributed by atoms with E-state index in [1.165, 1.54) is 18.1 Å². The molecule has 1 saturated carbocycles. The van der Waals surface area contributed by atoms with Crippen LogP contribution in [-0.4, -0.2) is 108 Å². The van der Waals surface area contributed by atoms with Crippen molar-refractivity contribution in [2.75, 3.05) is 49.5 Å². The van der Waals surface area contributed by atoms with Crippen LogP contribution >= 0.6 is 0 Å². The highest BCUT2D eigenvalue weighted by molar-refractivity contribution is 6.05. The van der Waals surface area contributed by atoms with Crippen molar-refractivity contribution in [2.24, 2.45) is 0 Å². The number of carbonyl (C=O) groups excluding carboxylic acids is 4. The first-order chi connectivity index (χ1) is 31.9. The minimum atomic E-state index is -0.997. The number of aryl methyl sites for hydroxylation is 1. The molecule has 16 heteroatoms. The van der Waals surface area contributed by atoms with Gasteiger partial charge in [-0.15, -0.1) is 0 Å². The van der Waals surface area contributed by atoms with Crippen LogP contribution in [0.25, 0.3) is 11.0 Å².